The molecule has 0 spiro atoms. The number of likely N-dealkylation sites (N-methyl/N-ethyl adjacent to an activating group) is 1. The van der Waals surface area contributed by atoms with Gasteiger partial charge < -0.3 is 33.9 Å². The third-order valence-corrected chi connectivity index (χ3v) is 10.7. The maximum atomic E-state index is 12.9. The molecule has 0 amide bonds. The predicted octanol–water partition coefficient (Wildman–Crippen LogP) is 2.23. The number of nitrogens with zero attached hydrogens (tertiary/aromatic N) is 2. The predicted molar refractivity (Wildman–Crippen MR) is 152 cm³/mol. The van der Waals surface area contributed by atoms with Gasteiger partial charge in [0.05, 0.1) is 36.2 Å². The van der Waals surface area contributed by atoms with Crippen LogP contribution in [-0.4, -0.2) is 89.4 Å². The van der Waals surface area contributed by atoms with Crippen LogP contribution in [0.1, 0.15) is 57.6 Å². The van der Waals surface area contributed by atoms with Crippen molar-refractivity contribution in [2.75, 3.05) is 33.3 Å². The number of rotatable bonds is 2. The standard InChI is InChI=1S/C30H32N2O10S/c1-11-6-14-7-15-29(36)32-16-8-39-30(37)17(34)9-43-28(22(32)21(31(15)4)18(14)23(35)24(11)38-5)20-19(16)27-26(40-10-41-27)12(2)25(20)42-13(3)33/h6,15-16,21-22,28-29,35-36H,7-10H2,1-5H3/t15?,16-,21+,22?,28+,29-/m0/s1. The van der Waals surface area contributed by atoms with Gasteiger partial charge in [0.1, 0.15) is 18.6 Å². The van der Waals surface area contributed by atoms with E-state index in [0.29, 0.717) is 45.9 Å². The number of esters is 2. The Kier molecular flexibility index (Phi) is 6.58. The van der Waals surface area contributed by atoms with E-state index in [4.69, 9.17) is 23.7 Å². The molecule has 0 radical (unpaired) electrons. The minimum atomic E-state index is -1.03. The Morgan fingerprint density at radius 2 is 1.84 bits per heavy atom. The summed E-state index contributed by atoms with van der Waals surface area (Å²) in [6.45, 7) is 4.63. The van der Waals surface area contributed by atoms with Crippen molar-refractivity contribution in [2.45, 2.75) is 62.8 Å². The van der Waals surface area contributed by atoms with Crippen LogP contribution < -0.4 is 18.9 Å². The molecule has 0 aliphatic carbocycles. The van der Waals surface area contributed by atoms with E-state index in [1.54, 1.807) is 6.92 Å². The third-order valence-electron chi connectivity index (χ3n) is 9.37. The van der Waals surface area contributed by atoms with Gasteiger partial charge in [0.2, 0.25) is 12.6 Å². The number of cyclic esters (lactones) is 1. The van der Waals surface area contributed by atoms with Crippen LogP contribution in [0.5, 0.6) is 28.7 Å². The Bertz CT molecular complexity index is 1590. The quantitative estimate of drug-likeness (QED) is 0.291. The van der Waals surface area contributed by atoms with Crippen molar-refractivity contribution < 1.29 is 48.3 Å². The summed E-state index contributed by atoms with van der Waals surface area (Å²) in [7, 11) is 3.42. The average molecular weight is 613 g/mol. The molecule has 2 saturated heterocycles. The molecule has 12 nitrogen and oxygen atoms in total. The average Bonchev–Trinajstić information content (AvgIpc) is 3.45. The van der Waals surface area contributed by atoms with Crippen LogP contribution in [0.15, 0.2) is 6.07 Å². The zero-order chi connectivity index (χ0) is 30.5. The summed E-state index contributed by atoms with van der Waals surface area (Å²) in [5.74, 6) is -0.882. The minimum absolute atomic E-state index is 0.0203. The molecule has 5 heterocycles. The molecule has 2 unspecified atom stereocenters. The number of hydrogen-bond donors (Lipinski definition) is 2. The Morgan fingerprint density at radius 1 is 1.09 bits per heavy atom. The number of piperazine rings is 1. The van der Waals surface area contributed by atoms with E-state index in [0.717, 1.165) is 11.1 Å². The summed E-state index contributed by atoms with van der Waals surface area (Å²) >= 11 is 1.21. The Morgan fingerprint density at radius 3 is 2.56 bits per heavy atom. The van der Waals surface area contributed by atoms with E-state index in [1.807, 2.05) is 24.9 Å². The fraction of sp³-hybridized carbons (Fsp3) is 0.500. The van der Waals surface area contributed by atoms with Gasteiger partial charge in [0, 0.05) is 35.2 Å². The zero-order valence-electron chi connectivity index (χ0n) is 24.3. The summed E-state index contributed by atoms with van der Waals surface area (Å²) in [6.07, 6.45) is -0.582. The number of phenols is 1. The van der Waals surface area contributed by atoms with Gasteiger partial charge in [-0.25, -0.2) is 4.79 Å². The largest absolute Gasteiger partial charge is 0.504 e. The molecule has 5 aliphatic heterocycles. The third kappa shape index (κ3) is 3.91. The lowest BCUT2D eigenvalue weighted by atomic mass is 9.73. The first-order valence-electron chi connectivity index (χ1n) is 14.1. The van der Waals surface area contributed by atoms with E-state index in [-0.39, 0.29) is 36.7 Å². The van der Waals surface area contributed by atoms with Gasteiger partial charge in [-0.05, 0) is 38.4 Å². The molecule has 2 aromatic rings. The van der Waals surface area contributed by atoms with Gasteiger partial charge >= 0.3 is 11.9 Å². The number of ketones is 1. The van der Waals surface area contributed by atoms with E-state index in [2.05, 4.69) is 4.90 Å². The lowest BCUT2D eigenvalue weighted by molar-refractivity contribution is -0.184. The van der Waals surface area contributed by atoms with Crippen LogP contribution in [-0.2, 0) is 25.5 Å². The van der Waals surface area contributed by atoms with Gasteiger partial charge in [0.25, 0.3) is 0 Å². The maximum Gasteiger partial charge on any atom is 0.375 e. The van der Waals surface area contributed by atoms with Gasteiger partial charge in [-0.1, -0.05) is 6.07 Å². The fourth-order valence-corrected chi connectivity index (χ4v) is 9.04. The lowest BCUT2D eigenvalue weighted by Gasteiger charge is -2.61. The summed E-state index contributed by atoms with van der Waals surface area (Å²) in [5, 5.41) is 23.2. The number of thioether (sulfide) groups is 1. The van der Waals surface area contributed by atoms with Gasteiger partial charge in [0.15, 0.2) is 23.0 Å². The molecule has 6 atom stereocenters. The molecular weight excluding hydrogens is 580 g/mol. The van der Waals surface area contributed by atoms with Crippen LogP contribution in [0.4, 0.5) is 0 Å². The first kappa shape index (κ1) is 28.3. The van der Waals surface area contributed by atoms with Crippen LogP contribution in [0.25, 0.3) is 0 Å². The number of aliphatic hydroxyl groups is 1. The number of fused-ring (bicyclic) bond motifs is 9. The highest BCUT2D eigenvalue weighted by Crippen LogP contribution is 2.63. The van der Waals surface area contributed by atoms with Crippen LogP contribution in [0.3, 0.4) is 0 Å². The number of aryl methyl sites for hydroxylation is 1. The molecule has 2 aromatic carbocycles. The van der Waals surface area contributed by atoms with Gasteiger partial charge in [-0.3, -0.25) is 19.4 Å². The maximum absolute atomic E-state index is 12.9. The van der Waals surface area contributed by atoms with E-state index in [9.17, 15) is 24.6 Å². The normalized spacial score (nSPS) is 29.3. The summed E-state index contributed by atoms with van der Waals surface area (Å²) < 4.78 is 28.9. The highest BCUT2D eigenvalue weighted by atomic mass is 32.2. The number of aromatic hydroxyl groups is 1. The van der Waals surface area contributed by atoms with Crippen molar-refractivity contribution in [1.82, 2.24) is 9.80 Å². The monoisotopic (exact) mass is 612 g/mol. The molecule has 0 saturated carbocycles. The summed E-state index contributed by atoms with van der Waals surface area (Å²) in [6, 6.07) is -0.238. The first-order chi connectivity index (χ1) is 20.5. The Labute approximate surface area is 251 Å². The topological polar surface area (TPSA) is 144 Å². The van der Waals surface area contributed by atoms with Crippen molar-refractivity contribution in [2.24, 2.45) is 0 Å². The molecule has 5 aliphatic rings. The number of benzene rings is 2. The molecule has 7 rings (SSSR count). The SMILES string of the molecule is COc1c(C)cc2c(c1O)[C@@H]1C3[C@@H]4SCC(=O)C(=O)OC[C@@H](c5c6c(c(C)c(OC(C)=O)c54)OCO6)N3[C@@H](O)C(C2)N1C. The van der Waals surface area contributed by atoms with Crippen molar-refractivity contribution >= 4 is 29.5 Å². The second kappa shape index (κ2) is 10.0. The lowest BCUT2D eigenvalue weighted by Crippen LogP contribution is -2.69. The van der Waals surface area contributed by atoms with Crippen LogP contribution >= 0.6 is 11.8 Å². The van der Waals surface area contributed by atoms with Gasteiger partial charge in [-0.2, -0.15) is 0 Å². The minimum Gasteiger partial charge on any atom is -0.504 e. The second-order valence-corrected chi connectivity index (χ2v) is 12.7. The number of Topliss-reactive ketones (excluding diaryl/α,β-unsaturated/α-hetero) is 1. The number of carbonyl (C=O) groups excluding carboxylic acids is 3. The van der Waals surface area contributed by atoms with E-state index >= 15 is 0 Å². The van der Waals surface area contributed by atoms with Crippen LogP contribution in [0, 0.1) is 13.8 Å². The Balaban J connectivity index is 1.55. The van der Waals surface area contributed by atoms with Crippen molar-refractivity contribution in [3.05, 3.63) is 39.4 Å². The number of hydrogen-bond acceptors (Lipinski definition) is 13. The van der Waals surface area contributed by atoms with E-state index < -0.39 is 47.3 Å². The molecule has 0 aromatic heterocycles. The fourth-order valence-electron chi connectivity index (χ4n) is 7.71. The molecule has 2 N–H and O–H groups in total. The highest BCUT2D eigenvalue weighted by molar-refractivity contribution is 8.00. The Hall–Kier alpha value is -3.52. The van der Waals surface area contributed by atoms with Crippen molar-refractivity contribution in [1.29, 1.82) is 0 Å². The van der Waals surface area contributed by atoms with E-state index in [1.165, 1.54) is 25.8 Å². The van der Waals surface area contributed by atoms with Crippen molar-refractivity contribution in [3.63, 3.8) is 0 Å². The molecule has 228 valence electrons. The molecule has 2 fully saturated rings. The summed E-state index contributed by atoms with van der Waals surface area (Å²) in [5.41, 5.74) is 4.10. The highest BCUT2D eigenvalue weighted by Gasteiger charge is 2.60. The summed E-state index contributed by atoms with van der Waals surface area (Å²) in [4.78, 5) is 42.0. The number of carbonyl (C=O) groups is 3. The number of phenolic OH excluding ortho intramolecular Hbond substituents is 1. The van der Waals surface area contributed by atoms with Gasteiger partial charge in [-0.15, -0.1) is 11.8 Å². The number of ether oxygens (including phenoxy) is 5. The zero-order valence-corrected chi connectivity index (χ0v) is 25.1. The molecule has 4 bridgehead atoms. The van der Waals surface area contributed by atoms with Crippen molar-refractivity contribution in [3.8, 4) is 28.7 Å². The molecule has 43 heavy (non-hydrogen) atoms. The number of methoxy groups -OCH3 is 1. The first-order valence-corrected chi connectivity index (χ1v) is 15.1. The molecular formula is C30H32N2O10S. The molecule has 13 heteroatoms. The number of aliphatic hydroxyl groups excluding tert-OH is 1. The second-order valence-electron chi connectivity index (χ2n) is 11.6. The smallest absolute Gasteiger partial charge is 0.375 e. The van der Waals surface area contributed by atoms with Crippen LogP contribution in [0.2, 0.25) is 0 Å².